The van der Waals surface area contributed by atoms with E-state index in [1.165, 1.54) is 51.4 Å². The third-order valence-electron chi connectivity index (χ3n) is 4.81. The molecule has 0 saturated carbocycles. The maximum absolute atomic E-state index is 9.90. The van der Waals surface area contributed by atoms with Gasteiger partial charge in [0, 0.05) is 6.61 Å². The average Bonchev–Trinajstić information content (AvgIpc) is 2.94. The summed E-state index contributed by atoms with van der Waals surface area (Å²) in [6, 6.07) is 0. The molecule has 4 atom stereocenters. The molecular weight excluding hydrogens is 320 g/mol. The molecule has 1 heterocycles. The van der Waals surface area contributed by atoms with Crippen LogP contribution in [0.1, 0.15) is 70.6 Å². The van der Waals surface area contributed by atoms with Crippen LogP contribution in [0.5, 0.6) is 0 Å². The van der Waals surface area contributed by atoms with Crippen LogP contribution in [-0.2, 0) is 9.47 Å². The summed E-state index contributed by atoms with van der Waals surface area (Å²) >= 11 is 0. The molecule has 3 N–H and O–H groups in total. The van der Waals surface area contributed by atoms with Crippen molar-refractivity contribution in [2.45, 2.75) is 95.0 Å². The zero-order valence-corrected chi connectivity index (χ0v) is 15.7. The maximum atomic E-state index is 9.90. The molecule has 1 rings (SSSR count). The Morgan fingerprint density at radius 2 is 1.52 bits per heavy atom. The second-order valence-electron chi connectivity index (χ2n) is 7.11. The van der Waals surface area contributed by atoms with Gasteiger partial charge in [-0.2, -0.15) is 0 Å². The summed E-state index contributed by atoms with van der Waals surface area (Å²) < 4.78 is 10.6. The van der Waals surface area contributed by atoms with Crippen LogP contribution in [0, 0.1) is 0 Å². The highest BCUT2D eigenvalue weighted by atomic mass is 16.5. The monoisotopic (exact) mass is 358 g/mol. The second-order valence-corrected chi connectivity index (χ2v) is 7.11. The molecule has 0 aromatic heterocycles. The number of allylic oxidation sites excluding steroid dienone is 1. The zero-order valence-electron chi connectivity index (χ0n) is 15.7. The molecule has 0 bridgehead atoms. The van der Waals surface area contributed by atoms with E-state index in [1.54, 1.807) is 0 Å². The predicted molar refractivity (Wildman–Crippen MR) is 99.6 cm³/mol. The Morgan fingerprint density at radius 1 is 0.960 bits per heavy atom. The van der Waals surface area contributed by atoms with Crippen molar-refractivity contribution in [2.75, 3.05) is 19.8 Å². The largest absolute Gasteiger partial charge is 0.388 e. The predicted octanol–water partition coefficient (Wildman–Crippen LogP) is 2.96. The summed E-state index contributed by atoms with van der Waals surface area (Å²) in [4.78, 5) is 0. The average molecular weight is 359 g/mol. The molecule has 0 amide bonds. The van der Waals surface area contributed by atoms with Crippen molar-refractivity contribution in [2.24, 2.45) is 0 Å². The minimum atomic E-state index is -1.03. The topological polar surface area (TPSA) is 79.2 Å². The Balaban J connectivity index is 1.81. The van der Waals surface area contributed by atoms with Gasteiger partial charge >= 0.3 is 0 Å². The van der Waals surface area contributed by atoms with Gasteiger partial charge in [0.1, 0.15) is 24.4 Å². The van der Waals surface area contributed by atoms with Gasteiger partial charge < -0.3 is 24.8 Å². The number of hydrogen-bond donors (Lipinski definition) is 3. The van der Waals surface area contributed by atoms with E-state index in [0.29, 0.717) is 6.61 Å². The lowest BCUT2D eigenvalue weighted by Crippen LogP contribution is -2.40. The van der Waals surface area contributed by atoms with E-state index in [9.17, 15) is 15.3 Å². The molecule has 1 saturated heterocycles. The molecule has 1 aliphatic heterocycles. The molecule has 0 spiro atoms. The molecular formula is C20H38O5. The molecule has 1 aliphatic rings. The van der Waals surface area contributed by atoms with E-state index < -0.39 is 24.4 Å². The van der Waals surface area contributed by atoms with Crippen LogP contribution in [0.25, 0.3) is 0 Å². The molecule has 5 heteroatoms. The van der Waals surface area contributed by atoms with Crippen LogP contribution in [-0.4, -0.2) is 59.6 Å². The van der Waals surface area contributed by atoms with Gasteiger partial charge in [0.05, 0.1) is 13.2 Å². The van der Waals surface area contributed by atoms with Crippen LogP contribution in [0.2, 0.25) is 0 Å². The third-order valence-corrected chi connectivity index (χ3v) is 4.81. The summed E-state index contributed by atoms with van der Waals surface area (Å²) in [6.45, 7) is 4.56. The first kappa shape index (κ1) is 22.6. The molecule has 0 aliphatic carbocycles. The first-order valence-corrected chi connectivity index (χ1v) is 10.0. The fraction of sp³-hybridized carbons (Fsp3) is 0.900. The van der Waals surface area contributed by atoms with Crippen molar-refractivity contribution in [3.8, 4) is 0 Å². The van der Waals surface area contributed by atoms with Crippen molar-refractivity contribution in [3.63, 3.8) is 0 Å². The summed E-state index contributed by atoms with van der Waals surface area (Å²) in [6.07, 6.45) is 12.2. The molecule has 1 fully saturated rings. The van der Waals surface area contributed by atoms with Crippen molar-refractivity contribution in [3.05, 3.63) is 12.7 Å². The number of rotatable bonds is 16. The highest BCUT2D eigenvalue weighted by Crippen LogP contribution is 2.18. The first-order valence-electron chi connectivity index (χ1n) is 10.0. The summed E-state index contributed by atoms with van der Waals surface area (Å²) in [5, 5.41) is 28.9. The Labute approximate surface area is 153 Å². The van der Waals surface area contributed by atoms with Crippen LogP contribution in [0.15, 0.2) is 12.7 Å². The van der Waals surface area contributed by atoms with E-state index in [-0.39, 0.29) is 13.2 Å². The van der Waals surface area contributed by atoms with Gasteiger partial charge in [-0.3, -0.25) is 0 Å². The van der Waals surface area contributed by atoms with Crippen LogP contribution < -0.4 is 0 Å². The Bertz CT molecular complexity index is 323. The van der Waals surface area contributed by atoms with Crippen LogP contribution >= 0.6 is 0 Å². The lowest BCUT2D eigenvalue weighted by atomic mass is 10.1. The summed E-state index contributed by atoms with van der Waals surface area (Å²) in [7, 11) is 0. The van der Waals surface area contributed by atoms with Crippen LogP contribution in [0.3, 0.4) is 0 Å². The number of aliphatic hydroxyl groups is 3. The normalized spacial score (nSPS) is 24.5. The van der Waals surface area contributed by atoms with Gasteiger partial charge in [-0.1, -0.05) is 57.4 Å². The van der Waals surface area contributed by atoms with E-state index in [0.717, 1.165) is 19.3 Å². The van der Waals surface area contributed by atoms with Gasteiger partial charge in [-0.25, -0.2) is 0 Å². The Hall–Kier alpha value is -0.460. The fourth-order valence-electron chi connectivity index (χ4n) is 3.17. The van der Waals surface area contributed by atoms with Crippen molar-refractivity contribution in [1.82, 2.24) is 0 Å². The summed E-state index contributed by atoms with van der Waals surface area (Å²) in [5.74, 6) is 0. The van der Waals surface area contributed by atoms with Gasteiger partial charge in [0.2, 0.25) is 0 Å². The second kappa shape index (κ2) is 14.7. The lowest BCUT2D eigenvalue weighted by Gasteiger charge is -2.20. The number of aliphatic hydroxyl groups excluding tert-OH is 3. The number of ether oxygens (including phenoxy) is 2. The van der Waals surface area contributed by atoms with Gasteiger partial charge in [-0.05, 0) is 19.3 Å². The molecule has 0 aromatic carbocycles. The Morgan fingerprint density at radius 3 is 2.04 bits per heavy atom. The minimum absolute atomic E-state index is 0.0672. The molecule has 25 heavy (non-hydrogen) atoms. The SMILES string of the molecule is C=CCCCCCCCCCCCCOC[C@@H](O)[C@@H]1OC[C@H](O)[C@@H]1O. The fourth-order valence-corrected chi connectivity index (χ4v) is 3.17. The number of unbranched alkanes of at least 4 members (excludes halogenated alkanes) is 10. The standard InChI is InChI=1S/C20H38O5/c1-2-3-4-5-6-7-8-9-10-11-12-13-14-24-15-18(22)20-19(23)17(21)16-25-20/h2,17-23H,1,3-16H2/t17-,18+,19-,20-/m0/s1. The van der Waals surface area contributed by atoms with Crippen molar-refractivity contribution >= 4 is 0 Å². The maximum Gasteiger partial charge on any atom is 0.114 e. The molecule has 0 unspecified atom stereocenters. The third kappa shape index (κ3) is 10.3. The minimum Gasteiger partial charge on any atom is -0.388 e. The smallest absolute Gasteiger partial charge is 0.114 e. The van der Waals surface area contributed by atoms with Gasteiger partial charge in [-0.15, -0.1) is 6.58 Å². The van der Waals surface area contributed by atoms with Crippen molar-refractivity contribution < 1.29 is 24.8 Å². The van der Waals surface area contributed by atoms with Crippen LogP contribution in [0.4, 0.5) is 0 Å². The highest BCUT2D eigenvalue weighted by Gasteiger charge is 2.39. The Kier molecular flexibility index (Phi) is 13.3. The van der Waals surface area contributed by atoms with Gasteiger partial charge in [0.25, 0.3) is 0 Å². The number of hydrogen-bond acceptors (Lipinski definition) is 5. The van der Waals surface area contributed by atoms with Crippen molar-refractivity contribution in [1.29, 1.82) is 0 Å². The molecule has 148 valence electrons. The highest BCUT2D eigenvalue weighted by molar-refractivity contribution is 4.87. The molecule has 0 radical (unpaired) electrons. The molecule has 5 nitrogen and oxygen atoms in total. The first-order chi connectivity index (χ1) is 12.2. The zero-order chi connectivity index (χ0) is 18.3. The lowest BCUT2D eigenvalue weighted by molar-refractivity contribution is -0.0813. The van der Waals surface area contributed by atoms with E-state index in [2.05, 4.69) is 6.58 Å². The van der Waals surface area contributed by atoms with E-state index in [1.807, 2.05) is 6.08 Å². The summed E-state index contributed by atoms with van der Waals surface area (Å²) in [5.41, 5.74) is 0. The van der Waals surface area contributed by atoms with E-state index in [4.69, 9.17) is 9.47 Å². The van der Waals surface area contributed by atoms with Gasteiger partial charge in [0.15, 0.2) is 0 Å². The van der Waals surface area contributed by atoms with E-state index >= 15 is 0 Å². The quantitative estimate of drug-likeness (QED) is 0.292. The molecule has 0 aromatic rings.